The van der Waals surface area contributed by atoms with Gasteiger partial charge in [-0.1, -0.05) is 0 Å². The Morgan fingerprint density at radius 1 is 1.05 bits per heavy atom. The Kier molecular flexibility index (Phi) is 7.59. The number of benzene rings is 2. The Hall–Kier alpha value is -3.54. The summed E-state index contributed by atoms with van der Waals surface area (Å²) in [7, 11) is -3.79. The molecule has 0 unspecified atom stereocenters. The van der Waals surface area contributed by atoms with Crippen molar-refractivity contribution in [3.05, 3.63) is 60.4 Å². The SMILES string of the molecule is CCOc1cc(CN2CCC(Nc3nc4cc(S(N)(=O)=O)ccc4o3)CC2)cc(OCC)c1-n1cccc1. The van der Waals surface area contributed by atoms with Gasteiger partial charge < -0.3 is 23.8 Å². The summed E-state index contributed by atoms with van der Waals surface area (Å²) in [5.41, 5.74) is 3.02. The molecule has 0 saturated carbocycles. The molecule has 5 rings (SSSR count). The van der Waals surface area contributed by atoms with E-state index in [2.05, 4.69) is 27.3 Å². The zero-order valence-electron chi connectivity index (χ0n) is 21.6. The highest BCUT2D eigenvalue weighted by atomic mass is 32.2. The monoisotopic (exact) mass is 539 g/mol. The van der Waals surface area contributed by atoms with Crippen molar-refractivity contribution in [2.24, 2.45) is 5.14 Å². The summed E-state index contributed by atoms with van der Waals surface area (Å²) < 4.78 is 43.1. The molecule has 1 aliphatic rings. The highest BCUT2D eigenvalue weighted by Crippen LogP contribution is 2.35. The molecule has 1 saturated heterocycles. The Balaban J connectivity index is 1.25. The van der Waals surface area contributed by atoms with Gasteiger partial charge in [0, 0.05) is 38.1 Å². The zero-order chi connectivity index (χ0) is 26.7. The van der Waals surface area contributed by atoms with Crippen molar-refractivity contribution in [1.29, 1.82) is 0 Å². The van der Waals surface area contributed by atoms with Gasteiger partial charge in [-0.25, -0.2) is 13.6 Å². The van der Waals surface area contributed by atoms with Crippen LogP contribution in [0.25, 0.3) is 16.8 Å². The maximum Gasteiger partial charge on any atom is 0.295 e. The van der Waals surface area contributed by atoms with E-state index >= 15 is 0 Å². The summed E-state index contributed by atoms with van der Waals surface area (Å²) in [5.74, 6) is 1.62. The number of primary sulfonamides is 1. The van der Waals surface area contributed by atoms with Crippen molar-refractivity contribution in [2.45, 2.75) is 44.2 Å². The number of nitrogens with two attached hydrogens (primary N) is 1. The third-order valence-electron chi connectivity index (χ3n) is 6.57. The number of nitrogens with zero attached hydrogens (tertiary/aromatic N) is 3. The second kappa shape index (κ2) is 11.1. The van der Waals surface area contributed by atoms with E-state index in [4.69, 9.17) is 19.0 Å². The molecule has 0 aliphatic carbocycles. The number of aromatic nitrogens is 2. The lowest BCUT2D eigenvalue weighted by molar-refractivity contribution is 0.209. The first-order valence-corrected chi connectivity index (χ1v) is 14.4. The standard InChI is InChI=1S/C27H33N5O5S/c1-3-35-24-15-19(16-25(36-4-2)26(24)32-11-5-6-12-32)18-31-13-9-20(10-14-31)29-27-30-22-17-21(38(28,33)34)7-8-23(22)37-27/h5-8,11-12,15-17,20H,3-4,9-10,13-14,18H2,1-2H3,(H,29,30)(H2,28,33,34). The van der Waals surface area contributed by atoms with E-state index in [1.807, 2.05) is 42.9 Å². The smallest absolute Gasteiger partial charge is 0.295 e. The maximum absolute atomic E-state index is 11.6. The molecule has 0 amide bonds. The number of ether oxygens (including phenoxy) is 2. The summed E-state index contributed by atoms with van der Waals surface area (Å²) in [6.07, 6.45) is 5.82. The van der Waals surface area contributed by atoms with Crippen LogP contribution >= 0.6 is 0 Å². The van der Waals surface area contributed by atoms with Crippen LogP contribution in [0.15, 0.2) is 64.2 Å². The number of rotatable bonds is 10. The molecule has 202 valence electrons. The molecule has 11 heteroatoms. The van der Waals surface area contributed by atoms with Gasteiger partial charge in [-0.05, 0) is 74.7 Å². The van der Waals surface area contributed by atoms with Crippen LogP contribution in [-0.4, -0.2) is 55.2 Å². The maximum atomic E-state index is 11.6. The lowest BCUT2D eigenvalue weighted by Crippen LogP contribution is -2.38. The van der Waals surface area contributed by atoms with E-state index in [9.17, 15) is 8.42 Å². The van der Waals surface area contributed by atoms with E-state index < -0.39 is 10.0 Å². The molecule has 1 fully saturated rings. The van der Waals surface area contributed by atoms with E-state index in [1.165, 1.54) is 12.1 Å². The molecule has 0 bridgehead atoms. The Bertz CT molecular complexity index is 1460. The number of piperidine rings is 1. The summed E-state index contributed by atoms with van der Waals surface area (Å²) in [5, 5.41) is 8.59. The van der Waals surface area contributed by atoms with Crippen LogP contribution in [0.5, 0.6) is 11.5 Å². The first-order chi connectivity index (χ1) is 18.3. The van der Waals surface area contributed by atoms with Crippen LogP contribution in [0.3, 0.4) is 0 Å². The normalized spacial score (nSPS) is 15.1. The van der Waals surface area contributed by atoms with Crippen LogP contribution in [-0.2, 0) is 16.6 Å². The topological polar surface area (TPSA) is 125 Å². The molecule has 0 atom stereocenters. The molecule has 2 aromatic carbocycles. The van der Waals surface area contributed by atoms with Crippen LogP contribution in [0.2, 0.25) is 0 Å². The van der Waals surface area contributed by atoms with Crippen LogP contribution in [0.1, 0.15) is 32.3 Å². The minimum atomic E-state index is -3.79. The molecule has 4 aromatic rings. The molecular weight excluding hydrogens is 506 g/mol. The Morgan fingerprint density at radius 2 is 1.71 bits per heavy atom. The second-order valence-corrected chi connectivity index (χ2v) is 10.8. The number of fused-ring (bicyclic) bond motifs is 1. The molecule has 3 heterocycles. The van der Waals surface area contributed by atoms with Gasteiger partial charge in [0.1, 0.15) is 22.7 Å². The predicted octanol–water partition coefficient (Wildman–Crippen LogP) is 4.14. The lowest BCUT2D eigenvalue weighted by Gasteiger charge is -2.32. The molecule has 0 spiro atoms. The van der Waals surface area contributed by atoms with Gasteiger partial charge >= 0.3 is 0 Å². The number of hydrogen-bond donors (Lipinski definition) is 2. The minimum absolute atomic E-state index is 0.0135. The van der Waals surface area contributed by atoms with Crippen molar-refractivity contribution < 1.29 is 22.3 Å². The quantitative estimate of drug-likeness (QED) is 0.308. The number of sulfonamides is 1. The summed E-state index contributed by atoms with van der Waals surface area (Å²) in [4.78, 5) is 6.84. The predicted molar refractivity (Wildman–Crippen MR) is 145 cm³/mol. The van der Waals surface area contributed by atoms with Gasteiger partial charge in [-0.15, -0.1) is 0 Å². The second-order valence-electron chi connectivity index (χ2n) is 9.29. The van der Waals surface area contributed by atoms with E-state index in [0.717, 1.165) is 55.2 Å². The first kappa shape index (κ1) is 26.1. The van der Waals surface area contributed by atoms with Crippen LogP contribution < -0.4 is 19.9 Å². The minimum Gasteiger partial charge on any atom is -0.492 e. The zero-order valence-corrected chi connectivity index (χ0v) is 22.4. The Labute approximate surface area is 222 Å². The molecule has 10 nitrogen and oxygen atoms in total. The number of oxazole rings is 1. The molecule has 2 aromatic heterocycles. The summed E-state index contributed by atoms with van der Waals surface area (Å²) in [6.45, 7) is 7.71. The van der Waals surface area contributed by atoms with Crippen LogP contribution in [0, 0.1) is 0 Å². The number of anilines is 1. The molecule has 3 N–H and O–H groups in total. The van der Waals surface area contributed by atoms with E-state index in [1.54, 1.807) is 6.07 Å². The number of hydrogen-bond acceptors (Lipinski definition) is 8. The van der Waals surface area contributed by atoms with Gasteiger partial charge in [0.2, 0.25) is 10.0 Å². The third-order valence-corrected chi connectivity index (χ3v) is 7.48. The van der Waals surface area contributed by atoms with Gasteiger partial charge in [0.15, 0.2) is 5.58 Å². The highest BCUT2D eigenvalue weighted by Gasteiger charge is 2.23. The third kappa shape index (κ3) is 5.79. The van der Waals surface area contributed by atoms with E-state index in [-0.39, 0.29) is 10.9 Å². The van der Waals surface area contributed by atoms with Crippen LogP contribution in [0.4, 0.5) is 6.01 Å². The van der Waals surface area contributed by atoms with E-state index in [0.29, 0.717) is 30.3 Å². The molecule has 0 radical (unpaired) electrons. The number of likely N-dealkylation sites (tertiary alicyclic amines) is 1. The van der Waals surface area contributed by atoms with Crippen molar-refractivity contribution in [2.75, 3.05) is 31.6 Å². The van der Waals surface area contributed by atoms with Gasteiger partial charge in [0.25, 0.3) is 6.01 Å². The molecule has 38 heavy (non-hydrogen) atoms. The van der Waals surface area contributed by atoms with Crippen molar-refractivity contribution in [3.8, 4) is 17.2 Å². The van der Waals surface area contributed by atoms with Gasteiger partial charge in [0.05, 0.1) is 18.1 Å². The lowest BCUT2D eigenvalue weighted by atomic mass is 10.0. The van der Waals surface area contributed by atoms with Gasteiger partial charge in [-0.2, -0.15) is 4.98 Å². The average molecular weight is 540 g/mol. The van der Waals surface area contributed by atoms with Gasteiger partial charge in [-0.3, -0.25) is 4.90 Å². The van der Waals surface area contributed by atoms with Crippen molar-refractivity contribution >= 4 is 27.1 Å². The number of nitrogens with one attached hydrogen (secondary N) is 1. The average Bonchev–Trinajstić information content (AvgIpc) is 3.54. The summed E-state index contributed by atoms with van der Waals surface area (Å²) >= 11 is 0. The first-order valence-electron chi connectivity index (χ1n) is 12.8. The molecule has 1 aliphatic heterocycles. The fraction of sp³-hybridized carbons (Fsp3) is 0.370. The Morgan fingerprint density at radius 3 is 2.32 bits per heavy atom. The fourth-order valence-corrected chi connectivity index (χ4v) is 5.34. The van der Waals surface area contributed by atoms with Crippen molar-refractivity contribution in [3.63, 3.8) is 0 Å². The largest absolute Gasteiger partial charge is 0.492 e. The fourth-order valence-electron chi connectivity index (χ4n) is 4.81. The van der Waals surface area contributed by atoms with Crippen molar-refractivity contribution in [1.82, 2.24) is 14.5 Å². The molecular formula is C27H33N5O5S. The summed E-state index contributed by atoms with van der Waals surface area (Å²) in [6, 6.07) is 13.2. The highest BCUT2D eigenvalue weighted by molar-refractivity contribution is 7.89.